The number of non-ortho nitro benzene ring substituents is 1. The molecule has 0 N–H and O–H groups in total. The fourth-order valence-electron chi connectivity index (χ4n) is 4.44. The van der Waals surface area contributed by atoms with Crippen molar-refractivity contribution < 1.29 is 19.1 Å². The molecule has 8 heteroatoms. The van der Waals surface area contributed by atoms with E-state index in [2.05, 4.69) is 21.7 Å². The molecule has 3 aromatic rings. The number of nitrogens with zero attached hydrogens (tertiary/aromatic N) is 3. The van der Waals surface area contributed by atoms with E-state index in [-0.39, 0.29) is 16.7 Å². The minimum absolute atomic E-state index is 0.0981. The molecule has 32 heavy (non-hydrogen) atoms. The van der Waals surface area contributed by atoms with Crippen LogP contribution in [0.1, 0.15) is 29.3 Å². The highest BCUT2D eigenvalue weighted by Gasteiger charge is 2.31. The third-order valence-corrected chi connectivity index (χ3v) is 5.89. The Morgan fingerprint density at radius 1 is 0.969 bits per heavy atom. The van der Waals surface area contributed by atoms with E-state index in [1.54, 1.807) is 33.5 Å². The third-order valence-electron chi connectivity index (χ3n) is 5.89. The van der Waals surface area contributed by atoms with Gasteiger partial charge in [-0.25, -0.2) is 0 Å². The Balaban J connectivity index is 1.82. The molecule has 8 nitrogen and oxygen atoms in total. The minimum atomic E-state index is -0.355. The molecule has 1 atom stereocenters. The van der Waals surface area contributed by atoms with Gasteiger partial charge in [-0.2, -0.15) is 0 Å². The van der Waals surface area contributed by atoms with Crippen molar-refractivity contribution in [3.8, 4) is 17.2 Å². The Morgan fingerprint density at radius 3 is 2.44 bits per heavy atom. The number of fused-ring (bicyclic) bond motifs is 1. The predicted molar refractivity (Wildman–Crippen MR) is 120 cm³/mol. The maximum absolute atomic E-state index is 11.3. The average Bonchev–Trinajstić information content (AvgIpc) is 3.20. The molecule has 1 aliphatic rings. The number of methoxy groups -OCH3 is 3. The lowest BCUT2D eigenvalue weighted by Crippen LogP contribution is -2.30. The van der Waals surface area contributed by atoms with Crippen LogP contribution in [0.4, 0.5) is 5.69 Å². The van der Waals surface area contributed by atoms with Gasteiger partial charge in [0.05, 0.1) is 32.3 Å². The SMILES string of the molecule is COc1cc(OC)c(C2c3cccn3CCCN2Cc2cccc([N+](=O)[O-])c2)cc1OC. The number of hydrogen-bond acceptors (Lipinski definition) is 6. The monoisotopic (exact) mass is 437 g/mol. The number of hydrogen-bond donors (Lipinski definition) is 0. The molecular weight excluding hydrogens is 410 g/mol. The van der Waals surface area contributed by atoms with Gasteiger partial charge in [0.25, 0.3) is 5.69 Å². The first-order valence-corrected chi connectivity index (χ1v) is 10.5. The van der Waals surface area contributed by atoms with E-state index in [4.69, 9.17) is 14.2 Å². The molecule has 0 saturated carbocycles. The highest BCUT2D eigenvalue weighted by Crippen LogP contribution is 2.43. The van der Waals surface area contributed by atoms with Crippen molar-refractivity contribution in [1.82, 2.24) is 9.47 Å². The number of nitro groups is 1. The molecule has 1 aromatic heterocycles. The van der Waals surface area contributed by atoms with Crippen molar-refractivity contribution in [2.24, 2.45) is 0 Å². The lowest BCUT2D eigenvalue weighted by molar-refractivity contribution is -0.384. The summed E-state index contributed by atoms with van der Waals surface area (Å²) in [6, 6.07) is 14.7. The minimum Gasteiger partial charge on any atom is -0.496 e. The first-order valence-electron chi connectivity index (χ1n) is 10.5. The summed E-state index contributed by atoms with van der Waals surface area (Å²) in [5.41, 5.74) is 3.08. The summed E-state index contributed by atoms with van der Waals surface area (Å²) in [5.74, 6) is 1.93. The number of aryl methyl sites for hydroxylation is 1. The Morgan fingerprint density at radius 2 is 1.72 bits per heavy atom. The maximum atomic E-state index is 11.3. The van der Waals surface area contributed by atoms with Gasteiger partial charge in [0.2, 0.25) is 0 Å². The van der Waals surface area contributed by atoms with Crippen molar-refractivity contribution in [2.75, 3.05) is 27.9 Å². The van der Waals surface area contributed by atoms with Crippen molar-refractivity contribution in [3.63, 3.8) is 0 Å². The van der Waals surface area contributed by atoms with E-state index < -0.39 is 0 Å². The van der Waals surface area contributed by atoms with Crippen LogP contribution < -0.4 is 14.2 Å². The summed E-state index contributed by atoms with van der Waals surface area (Å²) in [5, 5.41) is 11.3. The molecule has 1 aliphatic heterocycles. The zero-order valence-corrected chi connectivity index (χ0v) is 18.5. The lowest BCUT2D eigenvalue weighted by atomic mass is 9.99. The predicted octanol–water partition coefficient (Wildman–Crippen LogP) is 4.42. The zero-order valence-electron chi connectivity index (χ0n) is 18.5. The Labute approximate surface area is 187 Å². The van der Waals surface area contributed by atoms with Gasteiger partial charge in [-0.05, 0) is 30.2 Å². The summed E-state index contributed by atoms with van der Waals surface area (Å²) in [4.78, 5) is 13.3. The van der Waals surface area contributed by atoms with E-state index in [9.17, 15) is 10.1 Å². The molecule has 2 heterocycles. The van der Waals surface area contributed by atoms with Crippen LogP contribution in [-0.2, 0) is 13.1 Å². The lowest BCUT2D eigenvalue weighted by Gasteiger charge is -2.32. The summed E-state index contributed by atoms with van der Waals surface area (Å²) in [6.07, 6.45) is 3.05. The van der Waals surface area contributed by atoms with Gasteiger partial charge in [-0.1, -0.05) is 12.1 Å². The normalized spacial score (nSPS) is 16.2. The van der Waals surface area contributed by atoms with Crippen molar-refractivity contribution in [1.29, 1.82) is 0 Å². The fraction of sp³-hybridized carbons (Fsp3) is 0.333. The van der Waals surface area contributed by atoms with E-state index in [1.165, 1.54) is 6.07 Å². The highest BCUT2D eigenvalue weighted by molar-refractivity contribution is 5.53. The highest BCUT2D eigenvalue weighted by atomic mass is 16.6. The van der Waals surface area contributed by atoms with Crippen LogP contribution in [0.5, 0.6) is 17.2 Å². The molecule has 0 bridgehead atoms. The summed E-state index contributed by atoms with van der Waals surface area (Å²) >= 11 is 0. The maximum Gasteiger partial charge on any atom is 0.269 e. The Kier molecular flexibility index (Phi) is 6.32. The van der Waals surface area contributed by atoms with Crippen LogP contribution in [0.2, 0.25) is 0 Å². The largest absolute Gasteiger partial charge is 0.496 e. The second kappa shape index (κ2) is 9.32. The standard InChI is InChI=1S/C24H27N3O5/c1-30-21-15-23(32-3)22(31-2)14-19(21)24-20-9-5-10-25(20)11-6-12-26(24)16-17-7-4-8-18(13-17)27(28)29/h4-5,7-10,13-15,24H,6,11-12,16H2,1-3H3. The van der Waals surface area contributed by atoms with E-state index >= 15 is 0 Å². The van der Waals surface area contributed by atoms with E-state index in [0.29, 0.717) is 23.8 Å². The molecule has 0 radical (unpaired) electrons. The van der Waals surface area contributed by atoms with Crippen molar-refractivity contribution in [3.05, 3.63) is 81.7 Å². The molecular formula is C24H27N3O5. The molecule has 2 aromatic carbocycles. The molecule has 0 spiro atoms. The third kappa shape index (κ3) is 4.13. The van der Waals surface area contributed by atoms with Crippen LogP contribution in [-0.4, -0.2) is 42.3 Å². The number of nitro benzene ring substituents is 1. The number of aromatic nitrogens is 1. The van der Waals surface area contributed by atoms with Gasteiger partial charge >= 0.3 is 0 Å². The molecule has 168 valence electrons. The second-order valence-corrected chi connectivity index (χ2v) is 7.73. The number of benzene rings is 2. The van der Waals surface area contributed by atoms with Crippen LogP contribution >= 0.6 is 0 Å². The Bertz CT molecular complexity index is 1110. The van der Waals surface area contributed by atoms with Gasteiger partial charge in [-0.15, -0.1) is 0 Å². The van der Waals surface area contributed by atoms with Crippen LogP contribution in [0, 0.1) is 10.1 Å². The van der Waals surface area contributed by atoms with Gasteiger partial charge in [0.1, 0.15) is 5.75 Å². The zero-order chi connectivity index (χ0) is 22.7. The number of ether oxygens (including phenoxy) is 3. The van der Waals surface area contributed by atoms with Gasteiger partial charge < -0.3 is 18.8 Å². The van der Waals surface area contributed by atoms with E-state index in [0.717, 1.165) is 36.3 Å². The van der Waals surface area contributed by atoms with Crippen molar-refractivity contribution in [2.45, 2.75) is 25.6 Å². The fourth-order valence-corrected chi connectivity index (χ4v) is 4.44. The van der Waals surface area contributed by atoms with E-state index in [1.807, 2.05) is 24.3 Å². The molecule has 0 aliphatic carbocycles. The quantitative estimate of drug-likeness (QED) is 0.402. The average molecular weight is 437 g/mol. The van der Waals surface area contributed by atoms with Gasteiger partial charge in [0, 0.05) is 55.3 Å². The molecule has 0 amide bonds. The molecule has 1 unspecified atom stereocenters. The van der Waals surface area contributed by atoms with Crippen LogP contribution in [0.15, 0.2) is 54.7 Å². The summed E-state index contributed by atoms with van der Waals surface area (Å²) in [7, 11) is 4.86. The van der Waals surface area contributed by atoms with Crippen LogP contribution in [0.25, 0.3) is 0 Å². The van der Waals surface area contributed by atoms with Gasteiger partial charge in [-0.3, -0.25) is 15.0 Å². The second-order valence-electron chi connectivity index (χ2n) is 7.73. The molecule has 4 rings (SSSR count). The first-order chi connectivity index (χ1) is 15.5. The first kappa shape index (κ1) is 21.7. The molecule has 0 fully saturated rings. The Hall–Kier alpha value is -3.52. The summed E-state index contributed by atoms with van der Waals surface area (Å²) < 4.78 is 19.1. The topological polar surface area (TPSA) is 79.0 Å². The summed E-state index contributed by atoms with van der Waals surface area (Å²) in [6.45, 7) is 2.29. The molecule has 0 saturated heterocycles. The number of rotatable bonds is 7. The van der Waals surface area contributed by atoms with Gasteiger partial charge in [0.15, 0.2) is 11.5 Å². The smallest absolute Gasteiger partial charge is 0.269 e. The van der Waals surface area contributed by atoms with Crippen molar-refractivity contribution >= 4 is 5.69 Å². The van der Waals surface area contributed by atoms with Crippen LogP contribution in [0.3, 0.4) is 0 Å².